The molecule has 0 bridgehead atoms. The Morgan fingerprint density at radius 2 is 1.14 bits per heavy atom. The number of amides is 1. The molecule has 0 saturated carbocycles. The quantitative estimate of drug-likeness (QED) is 0.578. The Labute approximate surface area is 168 Å². The number of carboxylic acid groups (broad SMARTS) is 2. The van der Waals surface area contributed by atoms with Crippen LogP contribution in [0.5, 0.6) is 0 Å². The maximum absolute atomic E-state index is 11.8. The van der Waals surface area contributed by atoms with Crippen LogP contribution in [-0.4, -0.2) is 28.1 Å². The highest BCUT2D eigenvalue weighted by molar-refractivity contribution is 6.27. The van der Waals surface area contributed by atoms with Crippen LogP contribution in [0.1, 0.15) is 32.6 Å². The number of aliphatic carboxylic acids is 2. The highest BCUT2D eigenvalue weighted by Crippen LogP contribution is 2.22. The van der Waals surface area contributed by atoms with Crippen LogP contribution in [0.2, 0.25) is 0 Å². The number of carbonyl (C=O) groups is 3. The second-order valence-corrected chi connectivity index (χ2v) is 6.24. The van der Waals surface area contributed by atoms with Crippen molar-refractivity contribution in [1.29, 1.82) is 0 Å². The van der Waals surface area contributed by atoms with E-state index in [0.29, 0.717) is 12.0 Å². The van der Waals surface area contributed by atoms with E-state index in [1.54, 1.807) is 0 Å². The highest BCUT2D eigenvalue weighted by atomic mass is 16.4. The van der Waals surface area contributed by atoms with Gasteiger partial charge < -0.3 is 15.9 Å². The molecule has 0 aromatic heterocycles. The summed E-state index contributed by atoms with van der Waals surface area (Å²) in [7, 11) is 0. The van der Waals surface area contributed by atoms with Gasteiger partial charge in [0.25, 0.3) is 0 Å². The van der Waals surface area contributed by atoms with E-state index in [-0.39, 0.29) is 5.91 Å². The first-order valence-corrected chi connectivity index (χ1v) is 8.83. The molecule has 4 N–H and O–H groups in total. The average Bonchev–Trinajstić information content (AvgIpc) is 2.71. The van der Waals surface area contributed by atoms with E-state index in [0.717, 1.165) is 17.5 Å². The second kappa shape index (κ2) is 10.4. The van der Waals surface area contributed by atoms with Crippen molar-refractivity contribution in [3.8, 4) is 0 Å². The molecule has 0 radical (unpaired) electrons. The van der Waals surface area contributed by atoms with Crippen molar-refractivity contribution >= 4 is 17.8 Å². The Bertz CT molecular complexity index is 973. The van der Waals surface area contributed by atoms with E-state index in [4.69, 9.17) is 25.5 Å². The van der Waals surface area contributed by atoms with Crippen LogP contribution in [0.4, 0.5) is 0 Å². The van der Waals surface area contributed by atoms with Crippen LogP contribution >= 0.6 is 0 Å². The predicted octanol–water partition coefficient (Wildman–Crippen LogP) is 3.12. The Hall–Kier alpha value is -3.93. The summed E-state index contributed by atoms with van der Waals surface area (Å²) in [5.41, 5.74) is 10.8. The molecule has 0 aliphatic carbocycles. The molecule has 0 aliphatic heterocycles. The molecule has 0 aliphatic rings. The number of carboxylic acids is 2. The number of primary amides is 1. The molecule has 1 amide bonds. The molecule has 3 aromatic carbocycles. The van der Waals surface area contributed by atoms with Gasteiger partial charge in [0.1, 0.15) is 0 Å². The number of hydrogen-bond acceptors (Lipinski definition) is 3. The van der Waals surface area contributed by atoms with Gasteiger partial charge in [0.05, 0.1) is 0 Å². The minimum atomic E-state index is -1.82. The van der Waals surface area contributed by atoms with E-state index in [9.17, 15) is 4.79 Å². The summed E-state index contributed by atoms with van der Waals surface area (Å²) in [6, 6.07) is 26.2. The Kier molecular flexibility index (Phi) is 7.68. The van der Waals surface area contributed by atoms with Gasteiger partial charge in [-0.25, -0.2) is 9.59 Å². The molecule has 3 rings (SSSR count). The molecular formula is C23H21NO5. The van der Waals surface area contributed by atoms with Gasteiger partial charge in [0.15, 0.2) is 0 Å². The molecule has 0 heterocycles. The second-order valence-electron chi connectivity index (χ2n) is 6.24. The third kappa shape index (κ3) is 6.62. The molecule has 0 atom stereocenters. The molecular weight excluding hydrogens is 370 g/mol. The van der Waals surface area contributed by atoms with Crippen molar-refractivity contribution in [1.82, 2.24) is 0 Å². The Morgan fingerprint density at radius 3 is 1.59 bits per heavy atom. The molecule has 0 spiro atoms. The van der Waals surface area contributed by atoms with E-state index in [2.05, 4.69) is 30.3 Å². The summed E-state index contributed by atoms with van der Waals surface area (Å²) in [6.07, 6.45) is 1.51. The normalized spacial score (nSPS) is 9.79. The van der Waals surface area contributed by atoms with Crippen LogP contribution in [-0.2, 0) is 22.4 Å². The number of hydrogen-bond donors (Lipinski definition) is 3. The molecule has 3 aromatic rings. The maximum Gasteiger partial charge on any atom is 0.414 e. The molecule has 0 unspecified atom stereocenters. The summed E-state index contributed by atoms with van der Waals surface area (Å²) in [5, 5.41) is 14.8. The zero-order valence-electron chi connectivity index (χ0n) is 15.6. The van der Waals surface area contributed by atoms with Crippen LogP contribution in [0.3, 0.4) is 0 Å². The smallest absolute Gasteiger partial charge is 0.414 e. The van der Waals surface area contributed by atoms with Crippen LogP contribution in [0, 0.1) is 0 Å². The lowest BCUT2D eigenvalue weighted by molar-refractivity contribution is -0.159. The van der Waals surface area contributed by atoms with E-state index in [1.165, 1.54) is 11.1 Å². The minimum absolute atomic E-state index is 0.370. The van der Waals surface area contributed by atoms with Gasteiger partial charge in [0, 0.05) is 5.56 Å². The zero-order valence-corrected chi connectivity index (χ0v) is 15.6. The molecule has 6 nitrogen and oxygen atoms in total. The van der Waals surface area contributed by atoms with Crippen molar-refractivity contribution in [2.24, 2.45) is 5.73 Å². The first kappa shape index (κ1) is 21.4. The van der Waals surface area contributed by atoms with Gasteiger partial charge in [0.2, 0.25) is 5.91 Å². The van der Waals surface area contributed by atoms with Crippen molar-refractivity contribution in [2.75, 3.05) is 0 Å². The van der Waals surface area contributed by atoms with Crippen molar-refractivity contribution < 1.29 is 24.6 Å². The number of carbonyl (C=O) groups excluding carboxylic acids is 1. The van der Waals surface area contributed by atoms with E-state index < -0.39 is 11.9 Å². The molecule has 148 valence electrons. The first-order valence-electron chi connectivity index (χ1n) is 8.83. The van der Waals surface area contributed by atoms with Gasteiger partial charge >= 0.3 is 11.9 Å². The van der Waals surface area contributed by atoms with Gasteiger partial charge in [-0.05, 0) is 41.2 Å². The predicted molar refractivity (Wildman–Crippen MR) is 109 cm³/mol. The molecule has 0 saturated heterocycles. The summed E-state index contributed by atoms with van der Waals surface area (Å²) in [4.78, 5) is 30.0. The minimum Gasteiger partial charge on any atom is -0.473 e. The Balaban J connectivity index is 0.000000438. The Morgan fingerprint density at radius 1 is 0.655 bits per heavy atom. The van der Waals surface area contributed by atoms with E-state index >= 15 is 0 Å². The topological polar surface area (TPSA) is 118 Å². The lowest BCUT2D eigenvalue weighted by Gasteiger charge is -2.14. The van der Waals surface area contributed by atoms with Crippen molar-refractivity contribution in [2.45, 2.75) is 12.8 Å². The number of rotatable bonds is 5. The third-order valence-electron chi connectivity index (χ3n) is 4.18. The highest BCUT2D eigenvalue weighted by Gasteiger charge is 2.13. The fourth-order valence-electron chi connectivity index (χ4n) is 2.86. The van der Waals surface area contributed by atoms with Gasteiger partial charge in [-0.3, -0.25) is 4.79 Å². The summed E-state index contributed by atoms with van der Waals surface area (Å²) in [5.74, 6) is -4.02. The van der Waals surface area contributed by atoms with Crippen LogP contribution in [0.25, 0.3) is 0 Å². The fourth-order valence-corrected chi connectivity index (χ4v) is 2.86. The summed E-state index contributed by atoms with van der Waals surface area (Å²) < 4.78 is 0. The van der Waals surface area contributed by atoms with Crippen LogP contribution in [0.15, 0.2) is 78.9 Å². The summed E-state index contributed by atoms with van der Waals surface area (Å²) >= 11 is 0. The fraction of sp³-hybridized carbons (Fsp3) is 0.0870. The molecule has 6 heteroatoms. The van der Waals surface area contributed by atoms with Gasteiger partial charge in [-0.15, -0.1) is 0 Å². The lowest BCUT2D eigenvalue weighted by atomic mass is 9.91. The van der Waals surface area contributed by atoms with Crippen molar-refractivity contribution in [3.05, 3.63) is 107 Å². The van der Waals surface area contributed by atoms with Crippen LogP contribution < -0.4 is 5.73 Å². The largest absolute Gasteiger partial charge is 0.473 e. The standard InChI is InChI=1S/C21H19NO.C2H2O4/c22-21(23)19-13-7-12-18(14-16-8-3-1-4-9-16)20(19)15-17-10-5-2-6-11-17;3-1(4)2(5)6/h1-13H,14-15H2,(H2,22,23);(H,3,4)(H,5,6). The van der Waals surface area contributed by atoms with Gasteiger partial charge in [-0.2, -0.15) is 0 Å². The maximum atomic E-state index is 11.8. The average molecular weight is 391 g/mol. The molecule has 29 heavy (non-hydrogen) atoms. The lowest BCUT2D eigenvalue weighted by Crippen LogP contribution is -2.15. The number of nitrogens with two attached hydrogens (primary N) is 1. The molecule has 0 fully saturated rings. The van der Waals surface area contributed by atoms with Gasteiger partial charge in [-0.1, -0.05) is 72.8 Å². The zero-order chi connectivity index (χ0) is 21.2. The third-order valence-corrected chi connectivity index (χ3v) is 4.18. The number of benzene rings is 3. The summed E-state index contributed by atoms with van der Waals surface area (Å²) in [6.45, 7) is 0. The van der Waals surface area contributed by atoms with Crippen molar-refractivity contribution in [3.63, 3.8) is 0 Å². The first-order chi connectivity index (χ1) is 13.9. The van der Waals surface area contributed by atoms with E-state index in [1.807, 2.05) is 48.5 Å². The SMILES string of the molecule is NC(=O)c1cccc(Cc2ccccc2)c1Cc1ccccc1.O=C(O)C(=O)O. The monoisotopic (exact) mass is 391 g/mol.